The number of fused-ring (bicyclic) bond motifs is 1. The van der Waals surface area contributed by atoms with E-state index in [4.69, 9.17) is 9.47 Å². The van der Waals surface area contributed by atoms with Crippen molar-refractivity contribution in [1.29, 1.82) is 0 Å². The molecule has 1 atom stereocenters. The van der Waals surface area contributed by atoms with Crippen molar-refractivity contribution in [2.24, 2.45) is 5.92 Å². The highest BCUT2D eigenvalue weighted by Crippen LogP contribution is 2.36. The molecule has 0 fully saturated rings. The number of hydrogen-bond acceptors (Lipinski definition) is 6. The maximum absolute atomic E-state index is 12.6. The first kappa shape index (κ1) is 18.2. The first-order chi connectivity index (χ1) is 12.5. The fourth-order valence-corrected chi connectivity index (χ4v) is 3.80. The number of aliphatic carboxylic acids is 1. The van der Waals surface area contributed by atoms with Crippen LogP contribution >= 0.6 is 0 Å². The fraction of sp³-hybridized carbons (Fsp3) is 0.294. The Morgan fingerprint density at radius 1 is 1.19 bits per heavy atom. The third-order valence-corrected chi connectivity index (χ3v) is 5.32. The Labute approximate surface area is 150 Å². The first-order valence-corrected chi connectivity index (χ1v) is 9.46. The third kappa shape index (κ3) is 4.12. The van der Waals surface area contributed by atoms with Crippen molar-refractivity contribution in [3.63, 3.8) is 0 Å². The van der Waals surface area contributed by atoms with Crippen molar-refractivity contribution < 1.29 is 27.8 Å². The summed E-state index contributed by atoms with van der Waals surface area (Å²) >= 11 is 0. The van der Waals surface area contributed by atoms with Gasteiger partial charge in [0.2, 0.25) is 10.0 Å². The second-order valence-electron chi connectivity index (χ2n) is 5.69. The first-order valence-electron chi connectivity index (χ1n) is 7.98. The third-order valence-electron chi connectivity index (χ3n) is 3.87. The number of ether oxygens (including phenoxy) is 2. The molecule has 0 saturated heterocycles. The maximum atomic E-state index is 12.6. The summed E-state index contributed by atoms with van der Waals surface area (Å²) in [4.78, 5) is 15.5. The summed E-state index contributed by atoms with van der Waals surface area (Å²) in [5, 5.41) is 9.39. The highest BCUT2D eigenvalue weighted by molar-refractivity contribution is 7.89. The average Bonchev–Trinajstić information content (AvgIpc) is 2.65. The number of carboxylic acid groups (broad SMARTS) is 1. The van der Waals surface area contributed by atoms with Gasteiger partial charge in [0.15, 0.2) is 11.5 Å². The van der Waals surface area contributed by atoms with Crippen LogP contribution in [0.5, 0.6) is 11.5 Å². The summed E-state index contributed by atoms with van der Waals surface area (Å²) in [6.07, 6.45) is 1.68. The number of rotatable bonds is 7. The molecule has 0 bridgehead atoms. The van der Waals surface area contributed by atoms with Crippen LogP contribution in [0.4, 0.5) is 0 Å². The second-order valence-corrected chi connectivity index (χ2v) is 7.43. The summed E-state index contributed by atoms with van der Waals surface area (Å²) in [5.41, 5.74) is 0.577. The number of benzene rings is 1. The highest BCUT2D eigenvalue weighted by atomic mass is 32.2. The zero-order valence-electron chi connectivity index (χ0n) is 13.8. The molecule has 1 aromatic carbocycles. The van der Waals surface area contributed by atoms with Crippen molar-refractivity contribution in [3.05, 3.63) is 48.3 Å². The van der Waals surface area contributed by atoms with Crippen LogP contribution in [0.25, 0.3) is 0 Å². The molecular formula is C17H18N2O6S. The Morgan fingerprint density at radius 3 is 2.73 bits per heavy atom. The van der Waals surface area contributed by atoms with E-state index < -0.39 is 21.9 Å². The van der Waals surface area contributed by atoms with E-state index in [9.17, 15) is 18.3 Å². The van der Waals surface area contributed by atoms with Gasteiger partial charge in [-0.2, -0.15) is 0 Å². The molecule has 0 saturated carbocycles. The van der Waals surface area contributed by atoms with E-state index >= 15 is 0 Å². The van der Waals surface area contributed by atoms with Crippen LogP contribution in [-0.4, -0.2) is 44.2 Å². The number of hydrogen-bond donors (Lipinski definition) is 2. The Bertz CT molecular complexity index is 885. The molecule has 8 nitrogen and oxygen atoms in total. The minimum absolute atomic E-state index is 0.0725. The molecule has 0 radical (unpaired) electrons. The summed E-state index contributed by atoms with van der Waals surface area (Å²) in [6.45, 7) is 0.324. The molecule has 26 heavy (non-hydrogen) atoms. The monoisotopic (exact) mass is 378 g/mol. The standard InChI is InChI=1S/C17H18N2O6S/c20-17(21)12(10-13-4-1-2-7-18-13)11-19-26(22,23)15-6-3-5-14-16(15)25-9-8-24-14/h1-7,12,19H,8-11H2,(H,20,21). The molecule has 0 spiro atoms. The van der Waals surface area contributed by atoms with Gasteiger partial charge >= 0.3 is 5.97 Å². The Balaban J connectivity index is 1.75. The van der Waals surface area contributed by atoms with E-state index in [2.05, 4.69) is 9.71 Å². The molecule has 2 N–H and O–H groups in total. The Hall–Kier alpha value is -2.65. The number of carbonyl (C=O) groups is 1. The van der Waals surface area contributed by atoms with Gasteiger partial charge in [-0.25, -0.2) is 13.1 Å². The fourth-order valence-electron chi connectivity index (χ4n) is 2.56. The largest absolute Gasteiger partial charge is 0.486 e. The van der Waals surface area contributed by atoms with Gasteiger partial charge in [-0.3, -0.25) is 9.78 Å². The van der Waals surface area contributed by atoms with Gasteiger partial charge in [0.1, 0.15) is 18.1 Å². The molecule has 1 aliphatic heterocycles. The van der Waals surface area contributed by atoms with Gasteiger partial charge in [-0.05, 0) is 24.3 Å². The summed E-state index contributed by atoms with van der Waals surface area (Å²) in [7, 11) is -3.96. The van der Waals surface area contributed by atoms with Crippen LogP contribution in [0.3, 0.4) is 0 Å². The molecule has 2 aromatic rings. The average molecular weight is 378 g/mol. The van der Waals surface area contributed by atoms with E-state index in [1.807, 2.05) is 0 Å². The Kier molecular flexibility index (Phi) is 5.38. The molecular weight excluding hydrogens is 360 g/mol. The molecule has 138 valence electrons. The lowest BCUT2D eigenvalue weighted by Gasteiger charge is -2.21. The zero-order valence-corrected chi connectivity index (χ0v) is 14.6. The van der Waals surface area contributed by atoms with Gasteiger partial charge in [0, 0.05) is 24.9 Å². The molecule has 1 aromatic heterocycles. The highest BCUT2D eigenvalue weighted by Gasteiger charge is 2.27. The van der Waals surface area contributed by atoms with E-state index in [1.54, 1.807) is 36.5 Å². The van der Waals surface area contributed by atoms with Crippen molar-refractivity contribution in [2.45, 2.75) is 11.3 Å². The molecule has 1 unspecified atom stereocenters. The lowest BCUT2D eigenvalue weighted by molar-refractivity contribution is -0.141. The molecule has 3 rings (SSSR count). The smallest absolute Gasteiger partial charge is 0.308 e. The van der Waals surface area contributed by atoms with Gasteiger partial charge < -0.3 is 14.6 Å². The summed E-state index contributed by atoms with van der Waals surface area (Å²) in [6, 6.07) is 9.73. The van der Waals surface area contributed by atoms with Gasteiger partial charge in [0.05, 0.1) is 5.92 Å². The van der Waals surface area contributed by atoms with E-state index in [0.29, 0.717) is 18.1 Å². The second kappa shape index (κ2) is 7.71. The van der Waals surface area contributed by atoms with Crippen LogP contribution in [0.15, 0.2) is 47.5 Å². The van der Waals surface area contributed by atoms with Gasteiger partial charge in [0.25, 0.3) is 0 Å². The SMILES string of the molecule is O=C(O)C(CNS(=O)(=O)c1cccc2c1OCCO2)Cc1ccccn1. The van der Waals surface area contributed by atoms with E-state index in [1.165, 1.54) is 6.07 Å². The van der Waals surface area contributed by atoms with Crippen molar-refractivity contribution in [3.8, 4) is 11.5 Å². The van der Waals surface area contributed by atoms with Crippen LogP contribution in [0, 0.1) is 5.92 Å². The topological polar surface area (TPSA) is 115 Å². The molecule has 2 heterocycles. The van der Waals surface area contributed by atoms with Crippen molar-refractivity contribution >= 4 is 16.0 Å². The Morgan fingerprint density at radius 2 is 2.00 bits per heavy atom. The van der Waals surface area contributed by atoms with Crippen molar-refractivity contribution in [2.75, 3.05) is 19.8 Å². The van der Waals surface area contributed by atoms with E-state index in [-0.39, 0.29) is 30.2 Å². The maximum Gasteiger partial charge on any atom is 0.308 e. The van der Waals surface area contributed by atoms with Gasteiger partial charge in [-0.15, -0.1) is 0 Å². The lowest BCUT2D eigenvalue weighted by atomic mass is 10.0. The molecule has 1 aliphatic rings. The zero-order chi connectivity index (χ0) is 18.6. The number of para-hydroxylation sites is 1. The number of nitrogens with one attached hydrogen (secondary N) is 1. The lowest BCUT2D eigenvalue weighted by Crippen LogP contribution is -2.34. The van der Waals surface area contributed by atoms with Crippen molar-refractivity contribution in [1.82, 2.24) is 9.71 Å². The summed E-state index contributed by atoms with van der Waals surface area (Å²) < 4.78 is 38.4. The quantitative estimate of drug-likeness (QED) is 0.741. The molecule has 9 heteroatoms. The predicted molar refractivity (Wildman–Crippen MR) is 91.7 cm³/mol. The van der Waals surface area contributed by atoms with Gasteiger partial charge in [-0.1, -0.05) is 12.1 Å². The predicted octanol–water partition coefficient (Wildman–Crippen LogP) is 1.07. The molecule has 0 amide bonds. The minimum Gasteiger partial charge on any atom is -0.486 e. The van der Waals surface area contributed by atoms with Crippen LogP contribution in [-0.2, 0) is 21.2 Å². The van der Waals surface area contributed by atoms with Crippen LogP contribution < -0.4 is 14.2 Å². The van der Waals surface area contributed by atoms with E-state index in [0.717, 1.165) is 0 Å². The number of pyridine rings is 1. The number of aromatic nitrogens is 1. The number of carboxylic acids is 1. The van der Waals surface area contributed by atoms with Crippen LogP contribution in [0.2, 0.25) is 0 Å². The normalized spacial score (nSPS) is 14.6. The van der Waals surface area contributed by atoms with Crippen LogP contribution in [0.1, 0.15) is 5.69 Å². The minimum atomic E-state index is -3.96. The number of nitrogens with zero attached hydrogens (tertiary/aromatic N) is 1. The number of sulfonamides is 1. The molecule has 0 aliphatic carbocycles. The summed E-state index contributed by atoms with van der Waals surface area (Å²) in [5.74, 6) is -1.56.